The smallest absolute Gasteiger partial charge is 0.341 e. The molecule has 0 radical (unpaired) electrons. The summed E-state index contributed by atoms with van der Waals surface area (Å²) < 4.78 is 6.28. The van der Waals surface area contributed by atoms with Crippen molar-refractivity contribution >= 4 is 23.5 Å². The Balaban J connectivity index is 2.31. The maximum absolute atomic E-state index is 11.5. The van der Waals surface area contributed by atoms with Gasteiger partial charge < -0.3 is 9.84 Å². The Kier molecular flexibility index (Phi) is 4.05. The van der Waals surface area contributed by atoms with Crippen molar-refractivity contribution < 1.29 is 19.4 Å². The van der Waals surface area contributed by atoms with Crippen LogP contribution in [0.3, 0.4) is 0 Å². The van der Waals surface area contributed by atoms with Crippen molar-refractivity contribution in [3.8, 4) is 5.69 Å². The number of carbonyl (C=O) groups is 2. The second-order valence-electron chi connectivity index (χ2n) is 3.86. The number of hydrogen-bond donors (Lipinski definition) is 1. The fourth-order valence-electron chi connectivity index (χ4n) is 1.60. The Morgan fingerprint density at radius 1 is 1.45 bits per heavy atom. The molecule has 0 bridgehead atoms. The van der Waals surface area contributed by atoms with Gasteiger partial charge in [0.15, 0.2) is 0 Å². The molecule has 0 atom stereocenters. The van der Waals surface area contributed by atoms with E-state index in [0.29, 0.717) is 11.3 Å². The number of benzene rings is 1. The Bertz CT molecular complexity index is 666. The van der Waals surface area contributed by atoms with Crippen LogP contribution in [0.1, 0.15) is 27.6 Å². The molecule has 0 aliphatic carbocycles. The molecule has 1 aromatic carbocycles. The van der Waals surface area contributed by atoms with Gasteiger partial charge in [-0.25, -0.2) is 14.3 Å². The van der Waals surface area contributed by atoms with Crippen LogP contribution in [0.2, 0.25) is 5.02 Å². The van der Waals surface area contributed by atoms with Crippen LogP contribution in [-0.2, 0) is 4.74 Å². The number of carboxylic acid groups (broad SMARTS) is 1. The molecule has 1 aromatic heterocycles. The standard InChI is InChI=1S/C13H11ClN2O4/c1-2-20-13(19)8-6-15-16(7-8)9-3-4-10(12(17)18)11(14)5-9/h3-7H,2H2,1H3,(H,17,18). The number of carbonyl (C=O) groups excluding carboxylic acids is 1. The summed E-state index contributed by atoms with van der Waals surface area (Å²) in [6.07, 6.45) is 2.86. The number of carboxylic acids is 1. The van der Waals surface area contributed by atoms with Crippen molar-refractivity contribution in [3.63, 3.8) is 0 Å². The third kappa shape index (κ3) is 2.80. The van der Waals surface area contributed by atoms with E-state index < -0.39 is 11.9 Å². The fourth-order valence-corrected chi connectivity index (χ4v) is 1.86. The van der Waals surface area contributed by atoms with Crippen LogP contribution in [0, 0.1) is 0 Å². The Hall–Kier alpha value is -2.34. The number of aromatic nitrogens is 2. The van der Waals surface area contributed by atoms with Gasteiger partial charge >= 0.3 is 11.9 Å². The first-order chi connectivity index (χ1) is 9.52. The van der Waals surface area contributed by atoms with Gasteiger partial charge in [-0.3, -0.25) is 0 Å². The van der Waals surface area contributed by atoms with E-state index in [-0.39, 0.29) is 17.2 Å². The van der Waals surface area contributed by atoms with E-state index >= 15 is 0 Å². The number of halogens is 1. The van der Waals surface area contributed by atoms with Crippen LogP contribution in [-0.4, -0.2) is 33.4 Å². The highest BCUT2D eigenvalue weighted by Crippen LogP contribution is 2.20. The maximum atomic E-state index is 11.5. The Labute approximate surface area is 119 Å². The van der Waals surface area contributed by atoms with Gasteiger partial charge in [-0.2, -0.15) is 5.10 Å². The molecule has 2 rings (SSSR count). The first-order valence-corrected chi connectivity index (χ1v) is 6.15. The summed E-state index contributed by atoms with van der Waals surface area (Å²) in [5, 5.41) is 13.0. The molecule has 0 saturated heterocycles. The molecule has 20 heavy (non-hydrogen) atoms. The van der Waals surface area contributed by atoms with Crippen LogP contribution in [0.4, 0.5) is 0 Å². The molecule has 1 N–H and O–H groups in total. The molecule has 7 heteroatoms. The first-order valence-electron chi connectivity index (χ1n) is 5.78. The quantitative estimate of drug-likeness (QED) is 0.876. The number of aromatic carboxylic acids is 1. The first kappa shape index (κ1) is 14.1. The summed E-state index contributed by atoms with van der Waals surface area (Å²) in [6, 6.07) is 4.40. The van der Waals surface area contributed by atoms with Crippen molar-refractivity contribution in [1.29, 1.82) is 0 Å². The predicted octanol–water partition coefficient (Wildman–Crippen LogP) is 2.40. The fraction of sp³-hybridized carbons (Fsp3) is 0.154. The molecule has 0 saturated carbocycles. The monoisotopic (exact) mass is 294 g/mol. The minimum absolute atomic E-state index is 0.00758. The normalized spacial score (nSPS) is 10.3. The van der Waals surface area contributed by atoms with Crippen LogP contribution in [0.5, 0.6) is 0 Å². The topological polar surface area (TPSA) is 81.4 Å². The Morgan fingerprint density at radius 3 is 2.80 bits per heavy atom. The van der Waals surface area contributed by atoms with Crippen molar-refractivity contribution in [3.05, 3.63) is 46.7 Å². The molecule has 0 unspecified atom stereocenters. The van der Waals surface area contributed by atoms with Crippen molar-refractivity contribution in [1.82, 2.24) is 9.78 Å². The summed E-state index contributed by atoms with van der Waals surface area (Å²) in [6.45, 7) is 2.00. The molecule has 0 amide bonds. The zero-order valence-corrected chi connectivity index (χ0v) is 11.3. The van der Waals surface area contributed by atoms with Crippen LogP contribution in [0.25, 0.3) is 5.69 Å². The summed E-state index contributed by atoms with van der Waals surface area (Å²) in [7, 11) is 0. The van der Waals surface area contributed by atoms with Crippen molar-refractivity contribution in [2.24, 2.45) is 0 Å². The average Bonchev–Trinajstić information content (AvgIpc) is 2.88. The average molecular weight is 295 g/mol. The third-order valence-corrected chi connectivity index (χ3v) is 2.85. The maximum Gasteiger partial charge on any atom is 0.341 e. The zero-order valence-electron chi connectivity index (χ0n) is 10.5. The summed E-state index contributed by atoms with van der Waals surface area (Å²) >= 11 is 5.88. The van der Waals surface area contributed by atoms with Gasteiger partial charge in [-0.05, 0) is 25.1 Å². The zero-order chi connectivity index (χ0) is 14.7. The summed E-state index contributed by atoms with van der Waals surface area (Å²) in [5.41, 5.74) is 0.869. The molecule has 0 fully saturated rings. The van der Waals surface area contributed by atoms with Gasteiger partial charge in [-0.1, -0.05) is 11.6 Å². The van der Waals surface area contributed by atoms with Gasteiger partial charge in [0.2, 0.25) is 0 Å². The number of hydrogen-bond acceptors (Lipinski definition) is 4. The molecule has 0 aliphatic heterocycles. The molecular formula is C13H11ClN2O4. The lowest BCUT2D eigenvalue weighted by Crippen LogP contribution is -2.03. The summed E-state index contributed by atoms with van der Waals surface area (Å²) in [4.78, 5) is 22.4. The lowest BCUT2D eigenvalue weighted by molar-refractivity contribution is 0.0526. The van der Waals surface area contributed by atoms with E-state index in [2.05, 4.69) is 5.10 Å². The number of esters is 1. The highest BCUT2D eigenvalue weighted by molar-refractivity contribution is 6.33. The lowest BCUT2D eigenvalue weighted by atomic mass is 10.2. The highest BCUT2D eigenvalue weighted by atomic mass is 35.5. The van der Waals surface area contributed by atoms with E-state index in [1.807, 2.05) is 0 Å². The number of rotatable bonds is 4. The van der Waals surface area contributed by atoms with Crippen LogP contribution in [0.15, 0.2) is 30.6 Å². The van der Waals surface area contributed by atoms with Gasteiger partial charge in [0.25, 0.3) is 0 Å². The van der Waals surface area contributed by atoms with E-state index in [4.69, 9.17) is 21.4 Å². The number of nitrogens with zero attached hydrogens (tertiary/aromatic N) is 2. The van der Waals surface area contributed by atoms with Gasteiger partial charge in [0.1, 0.15) is 0 Å². The van der Waals surface area contributed by atoms with E-state index in [1.165, 1.54) is 29.2 Å². The molecule has 1 heterocycles. The SMILES string of the molecule is CCOC(=O)c1cnn(-c2ccc(C(=O)O)c(Cl)c2)c1. The minimum atomic E-state index is -1.10. The largest absolute Gasteiger partial charge is 0.478 e. The van der Waals surface area contributed by atoms with E-state index in [9.17, 15) is 9.59 Å². The second kappa shape index (κ2) is 5.75. The minimum Gasteiger partial charge on any atom is -0.478 e. The third-order valence-electron chi connectivity index (χ3n) is 2.54. The molecular weight excluding hydrogens is 284 g/mol. The summed E-state index contributed by atoms with van der Waals surface area (Å²) in [5.74, 6) is -1.57. The molecule has 2 aromatic rings. The van der Waals surface area contributed by atoms with Gasteiger partial charge in [-0.15, -0.1) is 0 Å². The van der Waals surface area contributed by atoms with E-state index in [1.54, 1.807) is 13.0 Å². The highest BCUT2D eigenvalue weighted by Gasteiger charge is 2.12. The molecule has 6 nitrogen and oxygen atoms in total. The van der Waals surface area contributed by atoms with Gasteiger partial charge in [0, 0.05) is 6.20 Å². The Morgan fingerprint density at radius 2 is 2.20 bits per heavy atom. The van der Waals surface area contributed by atoms with Crippen LogP contribution < -0.4 is 0 Å². The predicted molar refractivity (Wildman–Crippen MR) is 71.5 cm³/mol. The molecule has 0 aliphatic rings. The van der Waals surface area contributed by atoms with Crippen LogP contribution >= 0.6 is 11.6 Å². The van der Waals surface area contributed by atoms with Gasteiger partial charge in [0.05, 0.1) is 34.6 Å². The molecule has 0 spiro atoms. The van der Waals surface area contributed by atoms with Crippen molar-refractivity contribution in [2.75, 3.05) is 6.61 Å². The molecule has 104 valence electrons. The second-order valence-corrected chi connectivity index (χ2v) is 4.27. The lowest BCUT2D eigenvalue weighted by Gasteiger charge is -2.04. The van der Waals surface area contributed by atoms with Crippen molar-refractivity contribution in [2.45, 2.75) is 6.92 Å². The van der Waals surface area contributed by atoms with E-state index in [0.717, 1.165) is 0 Å². The number of ether oxygens (including phenoxy) is 1.